The van der Waals surface area contributed by atoms with Gasteiger partial charge in [0, 0.05) is 19.7 Å². The fraction of sp³-hybridized carbons (Fsp3) is 0.250. The van der Waals surface area contributed by atoms with Gasteiger partial charge >= 0.3 is 0 Å². The first-order chi connectivity index (χ1) is 8.04. The Hall–Kier alpha value is -2.17. The standard InChI is InChI=1S/C12H13N3O2/c1-7-14-12(17)9-6-8(11(16)13-2)4-5-10(9)15(7)3/h4-6H,1-3H3,(H,13,16). The van der Waals surface area contributed by atoms with Gasteiger partial charge in [0.15, 0.2) is 0 Å². The highest BCUT2D eigenvalue weighted by Crippen LogP contribution is 2.12. The van der Waals surface area contributed by atoms with Crippen LogP contribution >= 0.6 is 0 Å². The van der Waals surface area contributed by atoms with Gasteiger partial charge in [-0.05, 0) is 25.1 Å². The van der Waals surface area contributed by atoms with Crippen LogP contribution in [-0.2, 0) is 7.05 Å². The molecule has 0 spiro atoms. The fourth-order valence-corrected chi connectivity index (χ4v) is 1.74. The maximum Gasteiger partial charge on any atom is 0.280 e. The molecule has 1 aromatic heterocycles. The molecule has 88 valence electrons. The van der Waals surface area contributed by atoms with Crippen molar-refractivity contribution < 1.29 is 4.79 Å². The number of hydrogen-bond acceptors (Lipinski definition) is 3. The van der Waals surface area contributed by atoms with E-state index in [4.69, 9.17) is 0 Å². The van der Waals surface area contributed by atoms with E-state index in [1.54, 1.807) is 32.2 Å². The van der Waals surface area contributed by atoms with Crippen LogP contribution in [0.5, 0.6) is 0 Å². The minimum atomic E-state index is -0.304. The van der Waals surface area contributed by atoms with E-state index in [0.29, 0.717) is 16.8 Å². The van der Waals surface area contributed by atoms with Gasteiger partial charge in [0.25, 0.3) is 11.5 Å². The summed E-state index contributed by atoms with van der Waals surface area (Å²) in [5.41, 5.74) is 0.930. The average molecular weight is 231 g/mol. The van der Waals surface area contributed by atoms with Crippen molar-refractivity contribution in [3.05, 3.63) is 39.9 Å². The van der Waals surface area contributed by atoms with Crippen molar-refractivity contribution in [2.45, 2.75) is 6.92 Å². The number of aromatic nitrogens is 2. The number of carbonyl (C=O) groups excluding carboxylic acids is 1. The Labute approximate surface area is 98.1 Å². The van der Waals surface area contributed by atoms with Crippen LogP contribution in [0.2, 0.25) is 0 Å². The van der Waals surface area contributed by atoms with Gasteiger partial charge in [-0.2, -0.15) is 4.98 Å². The molecule has 1 amide bonds. The monoisotopic (exact) mass is 231 g/mol. The average Bonchev–Trinajstić information content (AvgIpc) is 2.34. The molecule has 0 saturated carbocycles. The van der Waals surface area contributed by atoms with Crippen molar-refractivity contribution >= 4 is 16.8 Å². The second-order valence-electron chi connectivity index (χ2n) is 3.83. The fourth-order valence-electron chi connectivity index (χ4n) is 1.74. The number of nitrogens with one attached hydrogen (secondary N) is 1. The Morgan fingerprint density at radius 2 is 2.12 bits per heavy atom. The topological polar surface area (TPSA) is 64.0 Å². The molecule has 0 aliphatic heterocycles. The molecule has 0 saturated heterocycles. The number of aryl methyl sites for hydroxylation is 2. The number of fused-ring (bicyclic) bond motifs is 1. The number of hydrogen-bond donors (Lipinski definition) is 1. The van der Waals surface area contributed by atoms with Crippen LogP contribution in [0.25, 0.3) is 10.9 Å². The van der Waals surface area contributed by atoms with Gasteiger partial charge in [0.05, 0.1) is 10.9 Å². The minimum absolute atomic E-state index is 0.213. The molecule has 0 atom stereocenters. The van der Waals surface area contributed by atoms with Crippen molar-refractivity contribution in [1.82, 2.24) is 14.9 Å². The molecule has 1 aromatic carbocycles. The second kappa shape index (κ2) is 4.01. The summed E-state index contributed by atoms with van der Waals surface area (Å²) in [6, 6.07) is 5.03. The lowest BCUT2D eigenvalue weighted by molar-refractivity contribution is 0.0963. The Balaban J connectivity index is 2.79. The molecule has 0 fully saturated rings. The summed E-state index contributed by atoms with van der Waals surface area (Å²) in [5, 5.41) is 2.98. The van der Waals surface area contributed by atoms with Gasteiger partial charge < -0.3 is 9.88 Å². The van der Waals surface area contributed by atoms with E-state index < -0.39 is 0 Å². The third-order valence-corrected chi connectivity index (χ3v) is 2.83. The molecular weight excluding hydrogens is 218 g/mol. The molecule has 0 radical (unpaired) electrons. The van der Waals surface area contributed by atoms with Crippen molar-refractivity contribution in [1.29, 1.82) is 0 Å². The van der Waals surface area contributed by atoms with Crippen molar-refractivity contribution in [2.75, 3.05) is 7.05 Å². The minimum Gasteiger partial charge on any atom is -0.355 e. The summed E-state index contributed by atoms with van der Waals surface area (Å²) in [4.78, 5) is 27.1. The van der Waals surface area contributed by atoms with Gasteiger partial charge in [-0.1, -0.05) is 0 Å². The van der Waals surface area contributed by atoms with E-state index in [-0.39, 0.29) is 11.5 Å². The van der Waals surface area contributed by atoms with E-state index in [0.717, 1.165) is 5.52 Å². The van der Waals surface area contributed by atoms with Crippen LogP contribution < -0.4 is 10.9 Å². The molecule has 0 unspecified atom stereocenters. The first-order valence-electron chi connectivity index (χ1n) is 5.24. The largest absolute Gasteiger partial charge is 0.355 e. The molecule has 2 aromatic rings. The van der Waals surface area contributed by atoms with E-state index in [9.17, 15) is 9.59 Å². The van der Waals surface area contributed by atoms with Gasteiger partial charge in [-0.3, -0.25) is 9.59 Å². The summed E-state index contributed by atoms with van der Waals surface area (Å²) >= 11 is 0. The molecule has 1 N–H and O–H groups in total. The summed E-state index contributed by atoms with van der Waals surface area (Å²) in [7, 11) is 3.39. The zero-order valence-electron chi connectivity index (χ0n) is 9.94. The van der Waals surface area contributed by atoms with E-state index in [2.05, 4.69) is 10.3 Å². The molecule has 0 aliphatic carbocycles. The normalized spacial score (nSPS) is 10.5. The highest BCUT2D eigenvalue weighted by molar-refractivity contribution is 5.97. The molecule has 0 bridgehead atoms. The van der Waals surface area contributed by atoms with Crippen molar-refractivity contribution in [2.24, 2.45) is 7.05 Å². The highest BCUT2D eigenvalue weighted by Gasteiger charge is 2.09. The van der Waals surface area contributed by atoms with Gasteiger partial charge in [-0.25, -0.2) is 0 Å². The Bertz CT molecular complexity index is 659. The third-order valence-electron chi connectivity index (χ3n) is 2.83. The highest BCUT2D eigenvalue weighted by atomic mass is 16.1. The molecular formula is C12H13N3O2. The van der Waals surface area contributed by atoms with E-state index in [1.807, 2.05) is 11.6 Å². The quantitative estimate of drug-likeness (QED) is 0.781. The van der Waals surface area contributed by atoms with E-state index in [1.165, 1.54) is 0 Å². The Kier molecular flexibility index (Phi) is 2.67. The zero-order valence-corrected chi connectivity index (χ0v) is 9.94. The lowest BCUT2D eigenvalue weighted by Gasteiger charge is -2.08. The summed E-state index contributed by atoms with van der Waals surface area (Å²) in [6.45, 7) is 1.77. The predicted octanol–water partition coefficient (Wildman–Crippen LogP) is 0.602. The van der Waals surface area contributed by atoms with Crippen LogP contribution in [0.15, 0.2) is 23.0 Å². The third kappa shape index (κ3) is 1.80. The lowest BCUT2D eigenvalue weighted by atomic mass is 10.1. The van der Waals surface area contributed by atoms with Crippen LogP contribution in [0.3, 0.4) is 0 Å². The van der Waals surface area contributed by atoms with Crippen LogP contribution in [-0.4, -0.2) is 22.5 Å². The van der Waals surface area contributed by atoms with Crippen molar-refractivity contribution in [3.63, 3.8) is 0 Å². The number of rotatable bonds is 1. The van der Waals surface area contributed by atoms with Crippen LogP contribution in [0, 0.1) is 6.92 Å². The van der Waals surface area contributed by atoms with Crippen LogP contribution in [0.1, 0.15) is 16.2 Å². The molecule has 2 rings (SSSR count). The van der Waals surface area contributed by atoms with E-state index >= 15 is 0 Å². The molecule has 5 heteroatoms. The second-order valence-corrected chi connectivity index (χ2v) is 3.83. The Morgan fingerprint density at radius 1 is 1.41 bits per heavy atom. The summed E-state index contributed by atoms with van der Waals surface area (Å²) < 4.78 is 1.82. The first kappa shape index (κ1) is 11.3. The van der Waals surface area contributed by atoms with Crippen LogP contribution in [0.4, 0.5) is 0 Å². The van der Waals surface area contributed by atoms with Gasteiger partial charge in [0.1, 0.15) is 5.82 Å². The molecule has 17 heavy (non-hydrogen) atoms. The number of amides is 1. The maximum absolute atomic E-state index is 11.8. The zero-order chi connectivity index (χ0) is 12.6. The van der Waals surface area contributed by atoms with Gasteiger partial charge in [-0.15, -0.1) is 0 Å². The summed E-state index contributed by atoms with van der Waals surface area (Å²) in [6.07, 6.45) is 0. The predicted molar refractivity (Wildman–Crippen MR) is 65.1 cm³/mol. The first-order valence-corrected chi connectivity index (χ1v) is 5.24. The molecule has 1 heterocycles. The number of carbonyl (C=O) groups is 1. The summed E-state index contributed by atoms with van der Waals surface area (Å²) in [5.74, 6) is 0.435. The van der Waals surface area contributed by atoms with Crippen molar-refractivity contribution in [3.8, 4) is 0 Å². The maximum atomic E-state index is 11.8. The molecule has 0 aliphatic rings. The lowest BCUT2D eigenvalue weighted by Crippen LogP contribution is -2.19. The SMILES string of the molecule is CNC(=O)c1ccc2c(c1)c(=O)nc(C)n2C. The molecule has 5 nitrogen and oxygen atoms in total. The number of benzene rings is 1. The number of nitrogens with zero attached hydrogens (tertiary/aromatic N) is 2. The Morgan fingerprint density at radius 3 is 2.76 bits per heavy atom. The smallest absolute Gasteiger partial charge is 0.280 e. The van der Waals surface area contributed by atoms with Gasteiger partial charge in [0.2, 0.25) is 0 Å².